The maximum absolute atomic E-state index is 12.9. The molecule has 5 rings (SSSR count). The average Bonchev–Trinajstić information content (AvgIpc) is 3.26. The second-order valence-electron chi connectivity index (χ2n) is 7.79. The predicted molar refractivity (Wildman–Crippen MR) is 100 cm³/mol. The first kappa shape index (κ1) is 16.9. The van der Waals surface area contributed by atoms with Crippen LogP contribution in [-0.4, -0.2) is 71.2 Å². The van der Waals surface area contributed by atoms with Crippen molar-refractivity contribution in [1.29, 1.82) is 0 Å². The number of nitrogens with one attached hydrogen (secondary N) is 1. The van der Waals surface area contributed by atoms with Gasteiger partial charge in [-0.3, -0.25) is 9.69 Å². The molecule has 3 heterocycles. The lowest BCUT2D eigenvalue weighted by Crippen LogP contribution is -2.49. The number of hydrogen-bond donors (Lipinski definition) is 1. The van der Waals surface area contributed by atoms with Crippen molar-refractivity contribution in [3.8, 4) is 11.5 Å². The average molecular weight is 367 g/mol. The van der Waals surface area contributed by atoms with Gasteiger partial charge in [-0.05, 0) is 43.5 Å². The predicted octanol–water partition coefficient (Wildman–Crippen LogP) is 1.73. The summed E-state index contributed by atoms with van der Waals surface area (Å²) < 4.78 is 5.37. The highest BCUT2D eigenvalue weighted by Gasteiger charge is 2.31. The maximum atomic E-state index is 12.9. The number of rotatable bonds is 4. The molecule has 1 N–H and O–H groups in total. The highest BCUT2D eigenvalue weighted by atomic mass is 16.5. The molecule has 1 atom stereocenters. The lowest BCUT2D eigenvalue weighted by Gasteiger charge is -2.32. The van der Waals surface area contributed by atoms with E-state index in [0.29, 0.717) is 17.9 Å². The van der Waals surface area contributed by atoms with Crippen LogP contribution in [0.25, 0.3) is 11.5 Å². The van der Waals surface area contributed by atoms with Crippen molar-refractivity contribution in [3.63, 3.8) is 0 Å². The molecule has 2 aliphatic heterocycles. The van der Waals surface area contributed by atoms with Crippen LogP contribution in [0.5, 0.6) is 0 Å². The number of carbonyl (C=O) groups is 1. The number of likely N-dealkylation sites (tertiary alicyclic amines) is 1. The molecule has 3 aliphatic rings. The molecule has 3 fully saturated rings. The first-order valence-electron chi connectivity index (χ1n) is 9.96. The number of carbonyl (C=O) groups excluding carboxylic acids is 1. The minimum Gasteiger partial charge on any atom is -0.337 e. The molecule has 142 valence electrons. The second kappa shape index (κ2) is 7.05. The molecule has 1 aromatic carbocycles. The van der Waals surface area contributed by atoms with Crippen molar-refractivity contribution < 1.29 is 9.32 Å². The monoisotopic (exact) mass is 367 g/mol. The molecule has 7 heteroatoms. The van der Waals surface area contributed by atoms with Gasteiger partial charge in [-0.1, -0.05) is 5.16 Å². The lowest BCUT2D eigenvalue weighted by molar-refractivity contribution is 0.0773. The third-order valence-electron chi connectivity index (χ3n) is 5.88. The van der Waals surface area contributed by atoms with E-state index in [9.17, 15) is 4.79 Å². The van der Waals surface area contributed by atoms with Gasteiger partial charge in [-0.15, -0.1) is 0 Å². The molecular formula is C20H25N5O2. The van der Waals surface area contributed by atoms with Crippen LogP contribution in [0.15, 0.2) is 28.8 Å². The van der Waals surface area contributed by atoms with Gasteiger partial charge in [0.05, 0.1) is 0 Å². The van der Waals surface area contributed by atoms with Gasteiger partial charge in [0.2, 0.25) is 0 Å². The Morgan fingerprint density at radius 1 is 1.07 bits per heavy atom. The Balaban J connectivity index is 1.23. The fourth-order valence-corrected chi connectivity index (χ4v) is 4.07. The van der Waals surface area contributed by atoms with E-state index in [1.807, 2.05) is 29.2 Å². The number of aromatic nitrogens is 2. The Hall–Kier alpha value is -2.25. The molecule has 1 amide bonds. The largest absolute Gasteiger partial charge is 0.337 e. The van der Waals surface area contributed by atoms with Crippen molar-refractivity contribution in [2.75, 3.05) is 39.3 Å². The summed E-state index contributed by atoms with van der Waals surface area (Å²) in [5.74, 6) is 1.93. The number of nitrogens with zero attached hydrogens (tertiary/aromatic N) is 4. The summed E-state index contributed by atoms with van der Waals surface area (Å²) in [6.07, 6.45) is 3.37. The molecular weight excluding hydrogens is 342 g/mol. The van der Waals surface area contributed by atoms with Gasteiger partial charge in [-0.2, -0.15) is 4.98 Å². The highest BCUT2D eigenvalue weighted by Crippen LogP contribution is 2.38. The van der Waals surface area contributed by atoms with Crippen molar-refractivity contribution in [3.05, 3.63) is 35.7 Å². The van der Waals surface area contributed by atoms with E-state index in [0.717, 1.165) is 75.5 Å². The summed E-state index contributed by atoms with van der Waals surface area (Å²) in [6.45, 7) is 5.91. The maximum Gasteiger partial charge on any atom is 0.257 e. The van der Waals surface area contributed by atoms with E-state index in [1.54, 1.807) is 0 Å². The quantitative estimate of drug-likeness (QED) is 0.887. The Kier molecular flexibility index (Phi) is 4.41. The van der Waals surface area contributed by atoms with Crippen LogP contribution in [-0.2, 0) is 0 Å². The standard InChI is InChI=1S/C20H25N5O2/c26-20(25-10-7-17(13-25)24-11-8-21-9-12-24)16-5-3-15(4-6-16)19-22-18(23-27-19)14-1-2-14/h3-6,14,17,21H,1-2,7-13H2. The fourth-order valence-electron chi connectivity index (χ4n) is 4.07. The summed E-state index contributed by atoms with van der Waals surface area (Å²) >= 11 is 0. The number of amides is 1. The minimum absolute atomic E-state index is 0.114. The van der Waals surface area contributed by atoms with Crippen LogP contribution >= 0.6 is 0 Å². The van der Waals surface area contributed by atoms with Crippen molar-refractivity contribution >= 4 is 5.91 Å². The molecule has 27 heavy (non-hydrogen) atoms. The third-order valence-corrected chi connectivity index (χ3v) is 5.88. The van der Waals surface area contributed by atoms with E-state index in [2.05, 4.69) is 20.4 Å². The Bertz CT molecular complexity index is 808. The fraction of sp³-hybridized carbons (Fsp3) is 0.550. The number of hydrogen-bond acceptors (Lipinski definition) is 6. The first-order valence-corrected chi connectivity index (χ1v) is 9.96. The zero-order chi connectivity index (χ0) is 18.2. The summed E-state index contributed by atoms with van der Waals surface area (Å²) in [6, 6.07) is 8.05. The zero-order valence-corrected chi connectivity index (χ0v) is 15.4. The van der Waals surface area contributed by atoms with Crippen molar-refractivity contribution in [1.82, 2.24) is 25.3 Å². The number of piperazine rings is 1. The smallest absolute Gasteiger partial charge is 0.257 e. The van der Waals surface area contributed by atoms with E-state index in [1.165, 1.54) is 0 Å². The van der Waals surface area contributed by atoms with Crippen LogP contribution < -0.4 is 5.32 Å². The van der Waals surface area contributed by atoms with Crippen molar-refractivity contribution in [2.45, 2.75) is 31.2 Å². The lowest BCUT2D eigenvalue weighted by atomic mass is 10.1. The van der Waals surface area contributed by atoms with Crippen LogP contribution in [0.4, 0.5) is 0 Å². The molecule has 0 spiro atoms. The van der Waals surface area contributed by atoms with Gasteiger partial charge in [0.15, 0.2) is 5.82 Å². The molecule has 2 aromatic rings. The Morgan fingerprint density at radius 3 is 2.59 bits per heavy atom. The summed E-state index contributed by atoms with van der Waals surface area (Å²) in [7, 11) is 0. The van der Waals surface area contributed by atoms with Crippen LogP contribution in [0.3, 0.4) is 0 Å². The van der Waals surface area contributed by atoms with Gasteiger partial charge < -0.3 is 14.7 Å². The Morgan fingerprint density at radius 2 is 1.85 bits per heavy atom. The topological polar surface area (TPSA) is 74.5 Å². The van der Waals surface area contributed by atoms with E-state index in [4.69, 9.17) is 4.52 Å². The van der Waals surface area contributed by atoms with Gasteiger partial charge in [0.25, 0.3) is 11.8 Å². The number of benzene rings is 1. The third kappa shape index (κ3) is 3.49. The van der Waals surface area contributed by atoms with Gasteiger partial charge >= 0.3 is 0 Å². The molecule has 7 nitrogen and oxygen atoms in total. The summed E-state index contributed by atoms with van der Waals surface area (Å²) in [4.78, 5) is 21.8. The molecule has 1 aromatic heterocycles. The van der Waals surface area contributed by atoms with Crippen molar-refractivity contribution in [2.24, 2.45) is 0 Å². The molecule has 1 unspecified atom stereocenters. The van der Waals surface area contributed by atoms with E-state index < -0.39 is 0 Å². The highest BCUT2D eigenvalue weighted by molar-refractivity contribution is 5.94. The molecule has 0 radical (unpaired) electrons. The van der Waals surface area contributed by atoms with Crippen LogP contribution in [0.1, 0.15) is 41.4 Å². The molecule has 1 aliphatic carbocycles. The summed E-state index contributed by atoms with van der Waals surface area (Å²) in [5.41, 5.74) is 1.59. The Labute approximate surface area is 158 Å². The SMILES string of the molecule is O=C(c1ccc(-c2nc(C3CC3)no2)cc1)N1CCC(N2CCNCC2)C1. The second-order valence-corrected chi connectivity index (χ2v) is 7.79. The van der Waals surface area contributed by atoms with Crippen LogP contribution in [0, 0.1) is 0 Å². The van der Waals surface area contributed by atoms with E-state index in [-0.39, 0.29) is 5.91 Å². The van der Waals surface area contributed by atoms with Gasteiger partial charge in [0, 0.05) is 62.4 Å². The van der Waals surface area contributed by atoms with Crippen LogP contribution in [0.2, 0.25) is 0 Å². The molecule has 2 saturated heterocycles. The van der Waals surface area contributed by atoms with Gasteiger partial charge in [0.1, 0.15) is 0 Å². The van der Waals surface area contributed by atoms with E-state index >= 15 is 0 Å². The van der Waals surface area contributed by atoms with Gasteiger partial charge in [-0.25, -0.2) is 0 Å². The normalized spacial score (nSPS) is 23.7. The minimum atomic E-state index is 0.114. The molecule has 0 bridgehead atoms. The zero-order valence-electron chi connectivity index (χ0n) is 15.4. The summed E-state index contributed by atoms with van der Waals surface area (Å²) in [5, 5.41) is 7.45. The molecule has 1 saturated carbocycles. The first-order chi connectivity index (χ1) is 13.3.